The van der Waals surface area contributed by atoms with Gasteiger partial charge in [0, 0.05) is 6.66 Å². The predicted octanol–water partition coefficient (Wildman–Crippen LogP) is 6.46. The minimum absolute atomic E-state index is 0.00202. The van der Waals surface area contributed by atoms with E-state index >= 15 is 0 Å². The Morgan fingerprint density at radius 1 is 0.565 bits per heavy atom. The van der Waals surface area contributed by atoms with Crippen molar-refractivity contribution in [2.75, 3.05) is 25.9 Å². The fourth-order valence-corrected chi connectivity index (χ4v) is 7.98. The summed E-state index contributed by atoms with van der Waals surface area (Å²) >= 11 is 0. The van der Waals surface area contributed by atoms with E-state index in [0.717, 1.165) is 27.8 Å². The third-order valence-electron chi connectivity index (χ3n) is 10.2. The van der Waals surface area contributed by atoms with Gasteiger partial charge in [-0.25, -0.2) is 10.1 Å². The highest BCUT2D eigenvalue weighted by molar-refractivity contribution is 7.61. The van der Waals surface area contributed by atoms with Crippen molar-refractivity contribution in [1.82, 2.24) is 10.1 Å². The van der Waals surface area contributed by atoms with Gasteiger partial charge in [0.15, 0.2) is 0 Å². The SMILES string of the molecule is CP(=O)(/C=C/[C@@H](OCc1ccccc1)[C@@H](OCc1ccccc1)[C@H](CN(C=O)OCc1ccccc1)OCc1ccccc1)OCc1ccccc1.O=CN(O)C[C@H](O)[C@H](O)[C@H](O)CCP(=O)(O)O. The summed E-state index contributed by atoms with van der Waals surface area (Å²) in [5.41, 5.74) is 4.67. The van der Waals surface area contributed by atoms with Crippen LogP contribution in [-0.4, -0.2) is 116 Å². The molecule has 372 valence electrons. The number of hydrogen-bond donors (Lipinski definition) is 6. The molecule has 19 heteroatoms. The maximum Gasteiger partial charge on any atom is 0.325 e. The number of hydroxylamine groups is 4. The maximum atomic E-state index is 13.8. The first kappa shape index (κ1) is 56.4. The summed E-state index contributed by atoms with van der Waals surface area (Å²) in [6, 6.07) is 48.6. The highest BCUT2D eigenvalue weighted by Gasteiger charge is 2.34. The van der Waals surface area contributed by atoms with Gasteiger partial charge < -0.3 is 43.8 Å². The molecule has 0 saturated heterocycles. The third kappa shape index (κ3) is 22.8. The van der Waals surface area contributed by atoms with Crippen molar-refractivity contribution < 1.29 is 72.6 Å². The average Bonchev–Trinajstić information content (AvgIpc) is 3.36. The lowest BCUT2D eigenvalue weighted by Crippen LogP contribution is -2.47. The summed E-state index contributed by atoms with van der Waals surface area (Å²) in [5.74, 6) is 1.57. The number of ether oxygens (including phenoxy) is 3. The first-order chi connectivity index (χ1) is 33.1. The van der Waals surface area contributed by atoms with E-state index in [1.165, 1.54) is 5.06 Å². The molecular weight excluding hydrogens is 930 g/mol. The maximum absolute atomic E-state index is 13.8. The molecule has 6 N–H and O–H groups in total. The molecule has 69 heavy (non-hydrogen) atoms. The number of hydrogen-bond acceptors (Lipinski definition) is 13. The Labute approximate surface area is 402 Å². The third-order valence-corrected chi connectivity index (χ3v) is 12.4. The molecule has 0 aromatic heterocycles. The van der Waals surface area contributed by atoms with Crippen molar-refractivity contribution in [3.05, 3.63) is 191 Å². The summed E-state index contributed by atoms with van der Waals surface area (Å²) in [7, 11) is -7.54. The molecule has 5 aromatic rings. The van der Waals surface area contributed by atoms with Gasteiger partial charge in [-0.1, -0.05) is 152 Å². The number of aliphatic hydroxyl groups is 3. The molecule has 0 spiro atoms. The van der Waals surface area contributed by atoms with Crippen LogP contribution in [0.1, 0.15) is 34.2 Å². The second-order valence-electron chi connectivity index (χ2n) is 15.9. The van der Waals surface area contributed by atoms with Crippen molar-refractivity contribution in [2.24, 2.45) is 0 Å². The second kappa shape index (κ2) is 30.4. The van der Waals surface area contributed by atoms with Crippen LogP contribution >= 0.6 is 15.0 Å². The van der Waals surface area contributed by atoms with Gasteiger partial charge in [-0.15, -0.1) is 0 Å². The highest BCUT2D eigenvalue weighted by atomic mass is 31.2. The Kier molecular flexibility index (Phi) is 24.9. The zero-order valence-corrected chi connectivity index (χ0v) is 40.0. The van der Waals surface area contributed by atoms with Gasteiger partial charge in [0.25, 0.3) is 0 Å². The number of nitrogens with zero attached hydrogens (tertiary/aromatic N) is 2. The molecule has 0 radical (unpaired) electrons. The fourth-order valence-electron chi connectivity index (χ4n) is 6.40. The topological polar surface area (TPSA) is 242 Å². The van der Waals surface area contributed by atoms with Crippen molar-refractivity contribution >= 4 is 27.8 Å². The Morgan fingerprint density at radius 2 is 1.00 bits per heavy atom. The van der Waals surface area contributed by atoms with Crippen molar-refractivity contribution in [3.63, 3.8) is 0 Å². The molecule has 7 atom stereocenters. The van der Waals surface area contributed by atoms with E-state index in [0.29, 0.717) is 6.41 Å². The van der Waals surface area contributed by atoms with E-state index in [9.17, 15) is 34.0 Å². The summed E-state index contributed by atoms with van der Waals surface area (Å²) in [6.07, 6.45) is -5.94. The van der Waals surface area contributed by atoms with Crippen molar-refractivity contribution in [3.8, 4) is 0 Å². The molecule has 1 unspecified atom stereocenters. The van der Waals surface area contributed by atoms with Gasteiger partial charge in [-0.2, -0.15) is 0 Å². The monoisotopic (exact) mass is 992 g/mol. The number of benzene rings is 5. The highest BCUT2D eigenvalue weighted by Crippen LogP contribution is 2.45. The molecule has 0 fully saturated rings. The van der Waals surface area contributed by atoms with E-state index in [-0.39, 0.29) is 51.1 Å². The molecule has 0 aliphatic heterocycles. The number of amides is 2. The number of carbonyl (C=O) groups excluding carboxylic acids is 2. The molecule has 5 aromatic carbocycles. The van der Waals surface area contributed by atoms with E-state index in [1.54, 1.807) is 18.6 Å². The summed E-state index contributed by atoms with van der Waals surface area (Å²) < 4.78 is 50.1. The van der Waals surface area contributed by atoms with Crippen molar-refractivity contribution in [1.29, 1.82) is 0 Å². The zero-order chi connectivity index (χ0) is 49.9. The normalized spacial score (nSPS) is 15.1. The smallest absolute Gasteiger partial charge is 0.325 e. The molecule has 0 aliphatic rings. The molecular formula is C50H62N2O15P2. The molecule has 0 saturated carbocycles. The van der Waals surface area contributed by atoms with Crippen LogP contribution in [0.25, 0.3) is 0 Å². The largest absolute Gasteiger partial charge is 0.390 e. The molecule has 0 aliphatic carbocycles. The molecule has 5 rings (SSSR count). The quantitative estimate of drug-likeness (QED) is 0.0125. The zero-order valence-electron chi connectivity index (χ0n) is 38.2. The van der Waals surface area contributed by atoms with Gasteiger partial charge in [-0.05, 0) is 46.1 Å². The standard InChI is InChI=1S/C43H46NO7P.C7H16NO8P/c1-52(46,51-34-40-25-15-6-16-26-40)28-27-41(47-30-36-17-7-2-8-18-36)43(49-32-38-21-11-4-12-22-38)42(48-31-37-19-9-3-10-20-37)29-44(35-45)50-33-39-23-13-5-14-24-39;9-4-8(13)3-6(11)7(12)5(10)1-2-17(14,15)16/h2-28,35,41-43H,29-34H2,1H3;4-7,10-13H,1-3H2,(H2,14,15,16)/b28-27+;/t41-,42+,43-,52?;5-,6+,7-/m11/s1. The van der Waals surface area contributed by atoms with Crippen LogP contribution in [0.15, 0.2) is 164 Å². The van der Waals surface area contributed by atoms with Crippen LogP contribution in [-0.2, 0) is 75.3 Å². The number of aliphatic hydroxyl groups excluding tert-OH is 3. The Bertz CT molecular complexity index is 2300. The first-order valence-electron chi connectivity index (χ1n) is 21.9. The fraction of sp³-hybridized carbons (Fsp3) is 0.320. The summed E-state index contributed by atoms with van der Waals surface area (Å²) in [5, 5.41) is 37.9. The number of carbonyl (C=O) groups is 2. The van der Waals surface area contributed by atoms with Crippen LogP contribution < -0.4 is 0 Å². The molecule has 0 bridgehead atoms. The van der Waals surface area contributed by atoms with Gasteiger partial charge in [-0.3, -0.25) is 28.8 Å². The summed E-state index contributed by atoms with van der Waals surface area (Å²) in [4.78, 5) is 45.5. The van der Waals surface area contributed by atoms with E-state index in [1.807, 2.05) is 152 Å². The van der Waals surface area contributed by atoms with Gasteiger partial charge in [0.1, 0.15) is 37.1 Å². The van der Waals surface area contributed by atoms with Crippen LogP contribution in [0.3, 0.4) is 0 Å². The predicted molar refractivity (Wildman–Crippen MR) is 257 cm³/mol. The first-order valence-corrected chi connectivity index (χ1v) is 25.9. The van der Waals surface area contributed by atoms with E-state index in [4.69, 9.17) is 38.6 Å². The van der Waals surface area contributed by atoms with Gasteiger partial charge >= 0.3 is 7.60 Å². The number of rotatable bonds is 30. The minimum atomic E-state index is -4.29. The van der Waals surface area contributed by atoms with Gasteiger partial charge in [0.05, 0.1) is 51.8 Å². The second-order valence-corrected chi connectivity index (χ2v) is 20.0. The average molecular weight is 993 g/mol. The molecule has 17 nitrogen and oxygen atoms in total. The van der Waals surface area contributed by atoms with E-state index in [2.05, 4.69) is 0 Å². The lowest BCUT2D eigenvalue weighted by atomic mass is 10.1. The lowest BCUT2D eigenvalue weighted by molar-refractivity contribution is -0.205. The van der Waals surface area contributed by atoms with E-state index < -0.39 is 70.7 Å². The Balaban J connectivity index is 0.000000519. The molecule has 2 amide bonds. The Hall–Kier alpha value is -5.20. The van der Waals surface area contributed by atoms with Crippen molar-refractivity contribution in [2.45, 2.75) is 76.1 Å². The van der Waals surface area contributed by atoms with Crippen LogP contribution in [0.4, 0.5) is 0 Å². The minimum Gasteiger partial charge on any atom is -0.390 e. The molecule has 0 heterocycles. The Morgan fingerprint density at radius 3 is 1.45 bits per heavy atom. The van der Waals surface area contributed by atoms with Crippen LogP contribution in [0, 0.1) is 0 Å². The summed E-state index contributed by atoms with van der Waals surface area (Å²) in [6.45, 7) is 2.07. The lowest BCUT2D eigenvalue weighted by Gasteiger charge is -2.34. The van der Waals surface area contributed by atoms with Crippen LogP contribution in [0.5, 0.6) is 0 Å². The van der Waals surface area contributed by atoms with Crippen LogP contribution in [0.2, 0.25) is 0 Å². The van der Waals surface area contributed by atoms with Gasteiger partial charge in [0.2, 0.25) is 20.2 Å².